The van der Waals surface area contributed by atoms with Crippen LogP contribution in [0.5, 0.6) is 0 Å². The number of carbonyl (C=O) groups is 1. The highest BCUT2D eigenvalue weighted by atomic mass is 31.2. The number of hydrogen-bond acceptors (Lipinski definition) is 5. The number of carbonyl (C=O) groups excluding carboxylic acids is 1. The van der Waals surface area contributed by atoms with Crippen molar-refractivity contribution < 1.29 is 32.9 Å². The van der Waals surface area contributed by atoms with Crippen molar-refractivity contribution in [3.8, 4) is 0 Å². The van der Waals surface area contributed by atoms with Gasteiger partial charge in [-0.25, -0.2) is 4.57 Å². The third-order valence-electron chi connectivity index (χ3n) is 15.1. The molecule has 0 fully saturated rings. The van der Waals surface area contributed by atoms with Crippen molar-refractivity contribution in [3.63, 3.8) is 0 Å². The molecule has 0 rings (SSSR count). The Bertz CT molecular complexity index is 1320. The van der Waals surface area contributed by atoms with Crippen LogP contribution in [-0.4, -0.2) is 73.4 Å². The maximum absolute atomic E-state index is 13.0. The van der Waals surface area contributed by atoms with Crippen LogP contribution in [-0.2, 0) is 18.4 Å². The molecule has 444 valence electrons. The Balaban J connectivity index is 4.14. The lowest BCUT2D eigenvalue weighted by atomic mass is 10.0. The fourth-order valence-electron chi connectivity index (χ4n) is 9.96. The van der Waals surface area contributed by atoms with E-state index in [-0.39, 0.29) is 19.1 Å². The number of rotatable bonds is 61. The summed E-state index contributed by atoms with van der Waals surface area (Å²) in [6, 6.07) is -0.869. The van der Waals surface area contributed by atoms with Crippen LogP contribution in [0.4, 0.5) is 0 Å². The van der Waals surface area contributed by atoms with Crippen LogP contribution in [0.25, 0.3) is 0 Å². The first-order valence-corrected chi connectivity index (χ1v) is 34.4. The summed E-state index contributed by atoms with van der Waals surface area (Å²) in [4.78, 5) is 23.3. The molecule has 3 atom stereocenters. The van der Waals surface area contributed by atoms with E-state index in [1.54, 1.807) is 6.08 Å². The van der Waals surface area contributed by atoms with Crippen molar-refractivity contribution in [2.24, 2.45) is 0 Å². The molecule has 8 nitrogen and oxygen atoms in total. The van der Waals surface area contributed by atoms with Crippen LogP contribution in [0, 0.1) is 0 Å². The second kappa shape index (κ2) is 57.4. The zero-order valence-electron chi connectivity index (χ0n) is 50.8. The molecule has 0 bridgehead atoms. The summed E-state index contributed by atoms with van der Waals surface area (Å²) >= 11 is 0. The molecule has 0 saturated heterocycles. The summed E-state index contributed by atoms with van der Waals surface area (Å²) in [5, 5.41) is 14.0. The number of nitrogens with zero attached hydrogens (tertiary/aromatic N) is 1. The number of nitrogens with one attached hydrogen (secondary N) is 1. The number of phosphoric acid groups is 1. The fraction of sp³-hybridized carbons (Fsp3) is 0.894. The predicted molar refractivity (Wildman–Crippen MR) is 328 cm³/mol. The standard InChI is InChI=1S/C66H129N2O6P/c1-6-8-10-12-14-16-18-20-22-24-26-28-29-30-31-32-33-34-35-36-37-38-40-41-43-45-47-49-51-53-55-57-59-65(69)64(63-74-75(71,72)73-62-61-68(3,4)5)67-66(70)60-58-56-54-52-50-48-46-44-42-39-27-25-23-21-19-17-15-13-11-9-7-2/h41,43,49,51,57,59,64-65,69H,6-40,42,44-48,50,52-56,58,60-63H2,1-5H3,(H-,67,70,71,72)/p+1/b43-41+,51-49+,59-57+. The molecule has 0 spiro atoms. The first kappa shape index (κ1) is 73.7. The van der Waals surface area contributed by atoms with Crippen molar-refractivity contribution in [2.45, 2.75) is 341 Å². The van der Waals surface area contributed by atoms with Gasteiger partial charge in [0.2, 0.25) is 5.91 Å². The molecular weight excluding hydrogens is 948 g/mol. The molecule has 3 N–H and O–H groups in total. The number of aliphatic hydroxyl groups excluding tert-OH is 1. The van der Waals surface area contributed by atoms with Gasteiger partial charge in [0, 0.05) is 6.42 Å². The first-order valence-electron chi connectivity index (χ1n) is 32.9. The van der Waals surface area contributed by atoms with E-state index in [1.807, 2.05) is 27.2 Å². The van der Waals surface area contributed by atoms with Gasteiger partial charge in [-0.05, 0) is 44.9 Å². The number of allylic oxidation sites excluding steroid dienone is 5. The third kappa shape index (κ3) is 60.2. The molecular formula is C66H130N2O6P+. The van der Waals surface area contributed by atoms with Gasteiger partial charge < -0.3 is 19.8 Å². The van der Waals surface area contributed by atoms with Gasteiger partial charge in [-0.2, -0.15) is 0 Å². The monoisotopic (exact) mass is 1080 g/mol. The average Bonchev–Trinajstić information content (AvgIpc) is 3.37. The van der Waals surface area contributed by atoms with Crippen LogP contribution in [0.3, 0.4) is 0 Å². The van der Waals surface area contributed by atoms with Gasteiger partial charge >= 0.3 is 7.82 Å². The largest absolute Gasteiger partial charge is 0.472 e. The Labute approximate surface area is 467 Å². The summed E-state index contributed by atoms with van der Waals surface area (Å²) in [5.74, 6) is -0.185. The number of aliphatic hydroxyl groups is 1. The van der Waals surface area contributed by atoms with Gasteiger partial charge in [-0.3, -0.25) is 13.8 Å². The zero-order valence-corrected chi connectivity index (χ0v) is 51.7. The number of hydrogen-bond donors (Lipinski definition) is 3. The minimum Gasteiger partial charge on any atom is -0.387 e. The summed E-state index contributed by atoms with van der Waals surface area (Å²) in [7, 11) is 1.56. The van der Waals surface area contributed by atoms with Crippen LogP contribution in [0.15, 0.2) is 36.5 Å². The van der Waals surface area contributed by atoms with Gasteiger partial charge in [0.05, 0.1) is 39.9 Å². The van der Waals surface area contributed by atoms with Crippen LogP contribution in [0.2, 0.25) is 0 Å². The van der Waals surface area contributed by atoms with Crippen molar-refractivity contribution in [1.29, 1.82) is 0 Å². The van der Waals surface area contributed by atoms with E-state index in [0.717, 1.165) is 44.9 Å². The lowest BCUT2D eigenvalue weighted by Gasteiger charge is -2.25. The minimum atomic E-state index is -4.36. The fourth-order valence-corrected chi connectivity index (χ4v) is 10.7. The topological polar surface area (TPSA) is 105 Å². The SMILES string of the molecule is CCCCCCCCCCCCCCCCCCCCCCCC/C=C/CC/C=C/CC/C=C/C(O)C(COP(=O)(O)OCC[N+](C)(C)C)NC(=O)CCCCCCCCCCCCCCCCCCCCCCC. The van der Waals surface area contributed by atoms with Crippen molar-refractivity contribution >= 4 is 13.7 Å². The average molecular weight is 1080 g/mol. The van der Waals surface area contributed by atoms with Gasteiger partial charge in [0.25, 0.3) is 0 Å². The molecule has 0 aliphatic rings. The Kier molecular flexibility index (Phi) is 56.4. The molecule has 75 heavy (non-hydrogen) atoms. The predicted octanol–water partition coefficient (Wildman–Crippen LogP) is 20.5. The van der Waals surface area contributed by atoms with Crippen LogP contribution < -0.4 is 5.32 Å². The van der Waals surface area contributed by atoms with Gasteiger partial charge in [-0.1, -0.05) is 314 Å². The quantitative estimate of drug-likeness (QED) is 0.0243. The van der Waals surface area contributed by atoms with Crippen molar-refractivity contribution in [2.75, 3.05) is 40.9 Å². The summed E-state index contributed by atoms with van der Waals surface area (Å²) < 4.78 is 23.7. The molecule has 0 aromatic carbocycles. The maximum Gasteiger partial charge on any atom is 0.472 e. The van der Waals surface area contributed by atoms with Gasteiger partial charge in [0.1, 0.15) is 13.2 Å². The molecule has 0 saturated carbocycles. The minimum absolute atomic E-state index is 0.0553. The molecule has 0 aromatic rings. The Morgan fingerprint density at radius 2 is 0.733 bits per heavy atom. The summed E-state index contributed by atoms with van der Waals surface area (Å²) in [5.41, 5.74) is 0. The second-order valence-electron chi connectivity index (χ2n) is 23.8. The number of amides is 1. The van der Waals surface area contributed by atoms with E-state index in [4.69, 9.17) is 9.05 Å². The van der Waals surface area contributed by atoms with Gasteiger partial charge in [-0.15, -0.1) is 0 Å². The van der Waals surface area contributed by atoms with Crippen molar-refractivity contribution in [1.82, 2.24) is 5.32 Å². The second-order valence-corrected chi connectivity index (χ2v) is 25.3. The number of phosphoric ester groups is 1. The highest BCUT2D eigenvalue weighted by Crippen LogP contribution is 2.43. The highest BCUT2D eigenvalue weighted by Gasteiger charge is 2.28. The van der Waals surface area contributed by atoms with E-state index in [0.29, 0.717) is 17.4 Å². The highest BCUT2D eigenvalue weighted by molar-refractivity contribution is 7.47. The molecule has 0 radical (unpaired) electrons. The molecule has 0 aromatic heterocycles. The first-order chi connectivity index (χ1) is 36.5. The summed E-state index contributed by atoms with van der Waals surface area (Å²) in [6.45, 7) is 4.84. The number of likely N-dealkylation sites (N-methyl/N-ethyl adjacent to an activating group) is 1. The molecule has 0 aliphatic carbocycles. The van der Waals surface area contributed by atoms with Crippen LogP contribution in [0.1, 0.15) is 328 Å². The Morgan fingerprint density at radius 1 is 0.440 bits per heavy atom. The smallest absolute Gasteiger partial charge is 0.387 e. The van der Waals surface area contributed by atoms with Gasteiger partial charge in [0.15, 0.2) is 0 Å². The Hall–Kier alpha value is -1.28. The third-order valence-corrected chi connectivity index (χ3v) is 16.1. The van der Waals surface area contributed by atoms with E-state index in [9.17, 15) is 19.4 Å². The van der Waals surface area contributed by atoms with Crippen LogP contribution >= 0.6 is 7.82 Å². The van der Waals surface area contributed by atoms with E-state index in [1.165, 1.54) is 263 Å². The van der Waals surface area contributed by atoms with E-state index >= 15 is 0 Å². The molecule has 0 heterocycles. The van der Waals surface area contributed by atoms with E-state index < -0.39 is 20.0 Å². The summed E-state index contributed by atoms with van der Waals surface area (Å²) in [6.07, 6.45) is 75.7. The lowest BCUT2D eigenvalue weighted by Crippen LogP contribution is -2.45. The Morgan fingerprint density at radius 3 is 1.07 bits per heavy atom. The normalized spacial score (nSPS) is 14.0. The van der Waals surface area contributed by atoms with Crippen molar-refractivity contribution in [3.05, 3.63) is 36.5 Å². The number of quaternary nitrogens is 1. The molecule has 3 unspecified atom stereocenters. The van der Waals surface area contributed by atoms with E-state index in [2.05, 4.69) is 43.5 Å². The maximum atomic E-state index is 13.0. The number of unbranched alkanes of at least 4 members (excludes halogenated alkanes) is 44. The lowest BCUT2D eigenvalue weighted by molar-refractivity contribution is -0.870. The molecule has 1 amide bonds. The molecule has 9 heteroatoms. The molecule has 0 aliphatic heterocycles. The zero-order chi connectivity index (χ0) is 54.9.